The molecule has 0 unspecified atom stereocenters. The molecule has 2 amide bonds. The SMILES string of the molecule is Cc1noc(C2CC2)c1NC(=O)C(=O)N1CCN(CC(F)F)CC1. The van der Waals surface area contributed by atoms with E-state index in [0.717, 1.165) is 12.8 Å². The largest absolute Gasteiger partial charge is 0.359 e. The fraction of sp³-hybridized carbons (Fsp3) is 0.667. The number of alkyl halides is 2. The third kappa shape index (κ3) is 3.72. The van der Waals surface area contributed by atoms with Crippen LogP contribution in [0.25, 0.3) is 0 Å². The number of nitrogens with one attached hydrogen (secondary N) is 1. The standard InChI is InChI=1S/C15H20F2N4O3/c1-9-12(13(24-19-9)10-2-3-10)18-14(22)15(23)21-6-4-20(5-7-21)8-11(16)17/h10-11H,2-8H2,1H3,(H,18,22). The van der Waals surface area contributed by atoms with Gasteiger partial charge in [0, 0.05) is 32.1 Å². The van der Waals surface area contributed by atoms with Crippen LogP contribution in [0.4, 0.5) is 14.5 Å². The van der Waals surface area contributed by atoms with Crippen molar-refractivity contribution in [3.8, 4) is 0 Å². The fourth-order valence-corrected chi connectivity index (χ4v) is 2.80. The molecule has 9 heteroatoms. The van der Waals surface area contributed by atoms with Crippen molar-refractivity contribution in [1.82, 2.24) is 15.0 Å². The van der Waals surface area contributed by atoms with Crippen LogP contribution in [-0.2, 0) is 9.59 Å². The van der Waals surface area contributed by atoms with E-state index in [2.05, 4.69) is 10.5 Å². The summed E-state index contributed by atoms with van der Waals surface area (Å²) in [6, 6.07) is 0. The molecular weight excluding hydrogens is 322 g/mol. The van der Waals surface area contributed by atoms with Crippen LogP contribution in [0.1, 0.15) is 30.2 Å². The number of nitrogens with zero attached hydrogens (tertiary/aromatic N) is 3. The summed E-state index contributed by atoms with van der Waals surface area (Å²) in [4.78, 5) is 27.4. The molecule has 2 fully saturated rings. The Hall–Kier alpha value is -2.03. The lowest BCUT2D eigenvalue weighted by Crippen LogP contribution is -2.52. The summed E-state index contributed by atoms with van der Waals surface area (Å²) >= 11 is 0. The second kappa shape index (κ2) is 6.84. The highest BCUT2D eigenvalue weighted by Crippen LogP contribution is 2.44. The maximum absolute atomic E-state index is 12.4. The first-order valence-corrected chi connectivity index (χ1v) is 8.02. The molecule has 0 aromatic carbocycles. The predicted molar refractivity (Wildman–Crippen MR) is 80.9 cm³/mol. The number of aryl methyl sites for hydroxylation is 1. The van der Waals surface area contributed by atoms with E-state index in [-0.39, 0.29) is 25.6 Å². The van der Waals surface area contributed by atoms with Crippen molar-refractivity contribution < 1.29 is 22.9 Å². The average molecular weight is 342 g/mol. The molecule has 1 aliphatic heterocycles. The van der Waals surface area contributed by atoms with Gasteiger partial charge in [-0.05, 0) is 19.8 Å². The molecule has 132 valence electrons. The highest BCUT2D eigenvalue weighted by molar-refractivity contribution is 6.39. The van der Waals surface area contributed by atoms with Gasteiger partial charge in [-0.3, -0.25) is 14.5 Å². The third-order valence-corrected chi connectivity index (χ3v) is 4.33. The zero-order chi connectivity index (χ0) is 17.3. The van der Waals surface area contributed by atoms with Crippen LogP contribution in [0, 0.1) is 6.92 Å². The molecule has 24 heavy (non-hydrogen) atoms. The molecule has 0 atom stereocenters. The van der Waals surface area contributed by atoms with E-state index in [1.54, 1.807) is 11.8 Å². The number of amides is 2. The lowest BCUT2D eigenvalue weighted by molar-refractivity contribution is -0.144. The number of hydrogen-bond acceptors (Lipinski definition) is 5. The molecule has 1 N–H and O–H groups in total. The number of aromatic nitrogens is 1. The van der Waals surface area contributed by atoms with Gasteiger partial charge in [0.2, 0.25) is 0 Å². The lowest BCUT2D eigenvalue weighted by Gasteiger charge is -2.34. The average Bonchev–Trinajstić information content (AvgIpc) is 3.32. The summed E-state index contributed by atoms with van der Waals surface area (Å²) in [5, 5.41) is 6.45. The normalized spacial score (nSPS) is 18.9. The van der Waals surface area contributed by atoms with Crippen molar-refractivity contribution in [2.45, 2.75) is 32.1 Å². The van der Waals surface area contributed by atoms with Crippen LogP contribution in [0.2, 0.25) is 0 Å². The Labute approximate surface area is 137 Å². The third-order valence-electron chi connectivity index (χ3n) is 4.33. The summed E-state index contributed by atoms with van der Waals surface area (Å²) in [6.45, 7) is 2.59. The van der Waals surface area contributed by atoms with Crippen LogP contribution in [0.3, 0.4) is 0 Å². The van der Waals surface area contributed by atoms with Crippen LogP contribution in [-0.4, -0.2) is 65.9 Å². The first-order chi connectivity index (χ1) is 11.5. The van der Waals surface area contributed by atoms with E-state index in [1.807, 2.05) is 0 Å². The van der Waals surface area contributed by atoms with Gasteiger partial charge in [0.05, 0.1) is 6.54 Å². The smallest absolute Gasteiger partial charge is 0.314 e. The number of hydrogen-bond donors (Lipinski definition) is 1. The molecule has 1 aromatic heterocycles. The monoisotopic (exact) mass is 342 g/mol. The van der Waals surface area contributed by atoms with Crippen LogP contribution < -0.4 is 5.32 Å². The fourth-order valence-electron chi connectivity index (χ4n) is 2.80. The number of carbonyl (C=O) groups excluding carboxylic acids is 2. The highest BCUT2D eigenvalue weighted by Gasteiger charge is 2.34. The van der Waals surface area contributed by atoms with Gasteiger partial charge in [-0.1, -0.05) is 5.16 Å². The van der Waals surface area contributed by atoms with E-state index in [0.29, 0.717) is 30.2 Å². The number of carbonyl (C=O) groups is 2. The van der Waals surface area contributed by atoms with Gasteiger partial charge in [0.1, 0.15) is 11.4 Å². The van der Waals surface area contributed by atoms with Crippen molar-refractivity contribution in [1.29, 1.82) is 0 Å². The Morgan fingerprint density at radius 1 is 1.29 bits per heavy atom. The number of rotatable bonds is 4. The van der Waals surface area contributed by atoms with E-state index < -0.39 is 18.2 Å². The molecule has 2 aliphatic rings. The molecule has 1 saturated carbocycles. The number of halogens is 2. The van der Waals surface area contributed by atoms with Crippen LogP contribution >= 0.6 is 0 Å². The van der Waals surface area contributed by atoms with Gasteiger partial charge in [0.15, 0.2) is 5.76 Å². The number of anilines is 1. The Morgan fingerprint density at radius 3 is 2.54 bits per heavy atom. The Morgan fingerprint density at radius 2 is 1.96 bits per heavy atom. The van der Waals surface area contributed by atoms with E-state index >= 15 is 0 Å². The van der Waals surface area contributed by atoms with Crippen LogP contribution in [0.5, 0.6) is 0 Å². The molecule has 3 rings (SSSR count). The molecule has 0 spiro atoms. The first kappa shape index (κ1) is 16.8. The molecular formula is C15H20F2N4O3. The molecule has 2 heterocycles. The second-order valence-corrected chi connectivity index (χ2v) is 6.22. The highest BCUT2D eigenvalue weighted by atomic mass is 19.3. The predicted octanol–water partition coefficient (Wildman–Crippen LogP) is 1.21. The van der Waals surface area contributed by atoms with Gasteiger partial charge in [0.25, 0.3) is 6.43 Å². The topological polar surface area (TPSA) is 78.7 Å². The van der Waals surface area contributed by atoms with Crippen molar-refractivity contribution in [3.63, 3.8) is 0 Å². The molecule has 0 radical (unpaired) electrons. The summed E-state index contributed by atoms with van der Waals surface area (Å²) in [5.74, 6) is -0.524. The maximum atomic E-state index is 12.4. The second-order valence-electron chi connectivity index (χ2n) is 6.22. The minimum absolute atomic E-state index is 0.259. The molecule has 7 nitrogen and oxygen atoms in total. The summed E-state index contributed by atoms with van der Waals surface area (Å²) in [7, 11) is 0. The minimum atomic E-state index is -2.40. The van der Waals surface area contributed by atoms with Crippen molar-refractivity contribution in [3.05, 3.63) is 11.5 Å². The van der Waals surface area contributed by atoms with Crippen LogP contribution in [0.15, 0.2) is 4.52 Å². The van der Waals surface area contributed by atoms with Gasteiger partial charge >= 0.3 is 11.8 Å². The Bertz CT molecular complexity index is 622. The number of piperazine rings is 1. The molecule has 1 saturated heterocycles. The van der Waals surface area contributed by atoms with Crippen molar-refractivity contribution in [2.24, 2.45) is 0 Å². The van der Waals surface area contributed by atoms with Crippen molar-refractivity contribution >= 4 is 17.5 Å². The van der Waals surface area contributed by atoms with Gasteiger partial charge < -0.3 is 14.7 Å². The summed E-state index contributed by atoms with van der Waals surface area (Å²) in [6.07, 6.45) is -0.428. The molecule has 1 aromatic rings. The first-order valence-electron chi connectivity index (χ1n) is 8.02. The maximum Gasteiger partial charge on any atom is 0.314 e. The van der Waals surface area contributed by atoms with Gasteiger partial charge in [-0.25, -0.2) is 8.78 Å². The van der Waals surface area contributed by atoms with E-state index in [1.165, 1.54) is 4.90 Å². The summed E-state index contributed by atoms with van der Waals surface area (Å²) < 4.78 is 29.9. The Balaban J connectivity index is 1.56. The van der Waals surface area contributed by atoms with Gasteiger partial charge in [-0.2, -0.15) is 0 Å². The van der Waals surface area contributed by atoms with Crippen molar-refractivity contribution in [2.75, 3.05) is 38.0 Å². The minimum Gasteiger partial charge on any atom is -0.359 e. The van der Waals surface area contributed by atoms with Gasteiger partial charge in [-0.15, -0.1) is 0 Å². The molecule has 1 aliphatic carbocycles. The Kier molecular flexibility index (Phi) is 4.79. The summed E-state index contributed by atoms with van der Waals surface area (Å²) in [5.41, 5.74) is 1.02. The zero-order valence-corrected chi connectivity index (χ0v) is 13.4. The zero-order valence-electron chi connectivity index (χ0n) is 13.4. The van der Waals surface area contributed by atoms with E-state index in [9.17, 15) is 18.4 Å². The lowest BCUT2D eigenvalue weighted by atomic mass is 10.2. The van der Waals surface area contributed by atoms with E-state index in [4.69, 9.17) is 4.52 Å². The quantitative estimate of drug-likeness (QED) is 0.832. The molecule has 0 bridgehead atoms.